The zero-order valence-electron chi connectivity index (χ0n) is 14.2. The number of carbonyl (C=O) groups excluding carboxylic acids is 1. The molecule has 1 N–H and O–H groups in total. The summed E-state index contributed by atoms with van der Waals surface area (Å²) in [6, 6.07) is 0. The topological polar surface area (TPSA) is 69.0 Å². The molecule has 1 heterocycles. The third kappa shape index (κ3) is 7.80. The Bertz CT molecular complexity index is 469. The number of rotatable bonds is 5. The number of nitrogens with one attached hydrogen (secondary N) is 1. The molecule has 1 unspecified atom stereocenters. The van der Waals surface area contributed by atoms with Crippen molar-refractivity contribution in [2.45, 2.75) is 78.7 Å². The Balaban J connectivity index is 2.52. The summed E-state index contributed by atoms with van der Waals surface area (Å²) in [6.07, 6.45) is 2.53. The van der Waals surface area contributed by atoms with Gasteiger partial charge < -0.3 is 10.1 Å². The molecular weight excluding hydrogens is 268 g/mol. The van der Waals surface area contributed by atoms with E-state index in [0.717, 1.165) is 5.69 Å². The Morgan fingerprint density at radius 3 is 2.48 bits per heavy atom. The number of amides is 1. The molecule has 0 radical (unpaired) electrons. The Hall–Kier alpha value is -1.43. The van der Waals surface area contributed by atoms with E-state index in [4.69, 9.17) is 4.74 Å². The molecule has 120 valence electrons. The van der Waals surface area contributed by atoms with Gasteiger partial charge in [0, 0.05) is 18.2 Å². The van der Waals surface area contributed by atoms with Gasteiger partial charge in [-0.25, -0.2) is 4.68 Å². The van der Waals surface area contributed by atoms with Gasteiger partial charge in [-0.1, -0.05) is 5.21 Å². The highest BCUT2D eigenvalue weighted by Gasteiger charge is 2.18. The maximum Gasteiger partial charge on any atom is 0.242 e. The maximum atomic E-state index is 11.8. The maximum absolute atomic E-state index is 11.8. The van der Waals surface area contributed by atoms with Crippen molar-refractivity contribution >= 4 is 5.91 Å². The lowest BCUT2D eigenvalue weighted by Gasteiger charge is -2.24. The van der Waals surface area contributed by atoms with E-state index in [1.807, 2.05) is 48.5 Å². The fourth-order valence-electron chi connectivity index (χ4n) is 2.05. The molecule has 1 aromatic rings. The summed E-state index contributed by atoms with van der Waals surface area (Å²) in [5.41, 5.74) is 0.410. The Kier molecular flexibility index (Phi) is 5.50. The molecule has 1 aromatic heterocycles. The molecule has 1 atom stereocenters. The molecule has 0 saturated carbocycles. The molecule has 0 aromatic carbocycles. The van der Waals surface area contributed by atoms with Crippen LogP contribution in [0.5, 0.6) is 0 Å². The van der Waals surface area contributed by atoms with Gasteiger partial charge in [0.15, 0.2) is 0 Å². The van der Waals surface area contributed by atoms with Gasteiger partial charge in [0.25, 0.3) is 0 Å². The normalized spacial score (nSPS) is 14.0. The third-order valence-electron chi connectivity index (χ3n) is 2.46. The summed E-state index contributed by atoms with van der Waals surface area (Å²) in [4.78, 5) is 11.8. The molecule has 0 bridgehead atoms. The van der Waals surface area contributed by atoms with Gasteiger partial charge in [-0.2, -0.15) is 0 Å². The van der Waals surface area contributed by atoms with Gasteiger partial charge in [-0.3, -0.25) is 4.79 Å². The molecule has 21 heavy (non-hydrogen) atoms. The van der Waals surface area contributed by atoms with Crippen molar-refractivity contribution in [2.24, 2.45) is 0 Å². The molecule has 0 fully saturated rings. The van der Waals surface area contributed by atoms with E-state index in [9.17, 15) is 4.79 Å². The second kappa shape index (κ2) is 6.56. The van der Waals surface area contributed by atoms with Crippen LogP contribution < -0.4 is 5.32 Å². The molecule has 0 aliphatic rings. The van der Waals surface area contributed by atoms with Gasteiger partial charge in [0.1, 0.15) is 6.54 Å². The highest BCUT2D eigenvalue weighted by Crippen LogP contribution is 2.13. The van der Waals surface area contributed by atoms with E-state index in [-0.39, 0.29) is 29.7 Å². The number of hydrogen-bond donors (Lipinski definition) is 1. The number of aromatic nitrogens is 3. The minimum Gasteiger partial charge on any atom is -0.373 e. The van der Waals surface area contributed by atoms with Crippen LogP contribution in [0.1, 0.15) is 54.2 Å². The van der Waals surface area contributed by atoms with Crippen molar-refractivity contribution in [2.75, 3.05) is 0 Å². The van der Waals surface area contributed by atoms with Crippen LogP contribution >= 0.6 is 0 Å². The molecule has 1 amide bonds. The smallest absolute Gasteiger partial charge is 0.242 e. The lowest BCUT2D eigenvalue weighted by Crippen LogP contribution is -2.42. The molecule has 0 saturated heterocycles. The minimum absolute atomic E-state index is 0.0542. The standard InChI is InChI=1S/C15H28N4O2/c1-11(21-15(5,6)7)8-12-9-19(18-17-12)10-13(20)16-14(2,3)4/h9,11H,8,10H2,1-7H3,(H,16,20). The van der Waals surface area contributed by atoms with Gasteiger partial charge in [0.05, 0.1) is 17.4 Å². The van der Waals surface area contributed by atoms with E-state index < -0.39 is 0 Å². The van der Waals surface area contributed by atoms with Crippen molar-refractivity contribution in [1.29, 1.82) is 0 Å². The van der Waals surface area contributed by atoms with E-state index in [0.29, 0.717) is 6.42 Å². The number of hydrogen-bond acceptors (Lipinski definition) is 4. The average molecular weight is 296 g/mol. The number of ether oxygens (including phenoxy) is 1. The molecule has 0 aliphatic carbocycles. The van der Waals surface area contributed by atoms with E-state index in [2.05, 4.69) is 15.6 Å². The summed E-state index contributed by atoms with van der Waals surface area (Å²) in [5.74, 6) is -0.0714. The van der Waals surface area contributed by atoms with Crippen molar-refractivity contribution in [3.63, 3.8) is 0 Å². The summed E-state index contributed by atoms with van der Waals surface area (Å²) < 4.78 is 7.40. The fourth-order valence-corrected chi connectivity index (χ4v) is 2.05. The first kappa shape index (κ1) is 17.6. The lowest BCUT2D eigenvalue weighted by atomic mass is 10.1. The summed E-state index contributed by atoms with van der Waals surface area (Å²) in [7, 11) is 0. The first-order valence-corrected chi connectivity index (χ1v) is 7.32. The fraction of sp³-hybridized carbons (Fsp3) is 0.800. The highest BCUT2D eigenvalue weighted by molar-refractivity contribution is 5.76. The van der Waals surface area contributed by atoms with Crippen molar-refractivity contribution in [3.05, 3.63) is 11.9 Å². The molecule has 0 aliphatic heterocycles. The summed E-state index contributed by atoms with van der Waals surface area (Å²) >= 11 is 0. The largest absolute Gasteiger partial charge is 0.373 e. The lowest BCUT2D eigenvalue weighted by molar-refractivity contribution is -0.123. The molecule has 6 heteroatoms. The molecule has 0 spiro atoms. The van der Waals surface area contributed by atoms with Crippen molar-refractivity contribution in [1.82, 2.24) is 20.3 Å². The Morgan fingerprint density at radius 2 is 1.95 bits per heavy atom. The van der Waals surface area contributed by atoms with Gasteiger partial charge in [0.2, 0.25) is 5.91 Å². The SMILES string of the molecule is CC(Cc1cn(CC(=O)NC(C)(C)C)nn1)OC(C)(C)C. The third-order valence-corrected chi connectivity index (χ3v) is 2.46. The van der Waals surface area contributed by atoms with Crippen LogP contribution in [0.25, 0.3) is 0 Å². The van der Waals surface area contributed by atoms with Crippen LogP contribution in [0, 0.1) is 0 Å². The molecule has 1 rings (SSSR count). The average Bonchev–Trinajstić information content (AvgIpc) is 2.58. The highest BCUT2D eigenvalue weighted by atomic mass is 16.5. The summed E-state index contributed by atoms with van der Waals surface area (Å²) in [5, 5.41) is 11.0. The Morgan fingerprint density at radius 1 is 1.33 bits per heavy atom. The van der Waals surface area contributed by atoms with Crippen LogP contribution in [-0.4, -0.2) is 38.1 Å². The first-order valence-electron chi connectivity index (χ1n) is 7.32. The van der Waals surface area contributed by atoms with Gasteiger partial charge in [-0.15, -0.1) is 5.10 Å². The minimum atomic E-state index is -0.241. The van der Waals surface area contributed by atoms with Crippen molar-refractivity contribution in [3.8, 4) is 0 Å². The van der Waals surface area contributed by atoms with E-state index in [1.54, 1.807) is 10.9 Å². The van der Waals surface area contributed by atoms with Crippen LogP contribution in [0.15, 0.2) is 6.20 Å². The monoisotopic (exact) mass is 296 g/mol. The van der Waals surface area contributed by atoms with E-state index in [1.165, 1.54) is 0 Å². The predicted molar refractivity (Wildman–Crippen MR) is 81.9 cm³/mol. The molecule has 6 nitrogen and oxygen atoms in total. The quantitative estimate of drug-likeness (QED) is 0.901. The van der Waals surface area contributed by atoms with Crippen LogP contribution in [0.2, 0.25) is 0 Å². The van der Waals surface area contributed by atoms with Gasteiger partial charge >= 0.3 is 0 Å². The van der Waals surface area contributed by atoms with Gasteiger partial charge in [-0.05, 0) is 48.5 Å². The van der Waals surface area contributed by atoms with Crippen LogP contribution in [-0.2, 0) is 22.5 Å². The second-order valence-electron chi connectivity index (χ2n) is 7.45. The first-order chi connectivity index (χ1) is 9.44. The van der Waals surface area contributed by atoms with Crippen LogP contribution in [0.4, 0.5) is 0 Å². The number of carbonyl (C=O) groups is 1. The zero-order chi connectivity index (χ0) is 16.3. The zero-order valence-corrected chi connectivity index (χ0v) is 14.2. The number of nitrogens with zero attached hydrogens (tertiary/aromatic N) is 3. The van der Waals surface area contributed by atoms with Crippen LogP contribution in [0.3, 0.4) is 0 Å². The summed E-state index contributed by atoms with van der Waals surface area (Å²) in [6.45, 7) is 14.1. The molecular formula is C15H28N4O2. The Labute approximate surface area is 127 Å². The second-order valence-corrected chi connectivity index (χ2v) is 7.45. The van der Waals surface area contributed by atoms with Crippen molar-refractivity contribution < 1.29 is 9.53 Å². The predicted octanol–water partition coefficient (Wildman–Crippen LogP) is 1.94. The van der Waals surface area contributed by atoms with E-state index >= 15 is 0 Å².